The van der Waals surface area contributed by atoms with Crippen LogP contribution in [0.25, 0.3) is 10.9 Å². The van der Waals surface area contributed by atoms with Crippen LogP contribution in [0, 0.1) is 11.8 Å². The number of carbonyl (C=O) groups is 1. The molecule has 1 atom stereocenters. The average Bonchev–Trinajstić information content (AvgIpc) is 3.44. The minimum Gasteiger partial charge on any atom is -0.361 e. The Morgan fingerprint density at radius 1 is 1.22 bits per heavy atom. The number of hydrogen-bond donors (Lipinski definition) is 3. The first-order chi connectivity index (χ1) is 10.7. The van der Waals surface area contributed by atoms with Crippen molar-refractivity contribution in [1.82, 2.24) is 10.3 Å². The molecule has 1 aromatic carbocycles. The fourth-order valence-corrected chi connectivity index (χ4v) is 3.43. The van der Waals surface area contributed by atoms with Crippen molar-refractivity contribution < 1.29 is 4.79 Å². The molecule has 5 heteroatoms. The minimum absolute atomic E-state index is 0. The molecule has 124 valence electrons. The van der Waals surface area contributed by atoms with Crippen molar-refractivity contribution in [1.29, 1.82) is 0 Å². The molecular weight excluding hydrogens is 310 g/mol. The molecule has 4 N–H and O–H groups in total. The molecule has 4 rings (SSSR count). The molecule has 0 aliphatic heterocycles. The highest BCUT2D eigenvalue weighted by molar-refractivity contribution is 5.86. The predicted octanol–water partition coefficient (Wildman–Crippen LogP) is 2.76. The number of rotatable bonds is 6. The van der Waals surface area contributed by atoms with Crippen molar-refractivity contribution in [3.63, 3.8) is 0 Å². The summed E-state index contributed by atoms with van der Waals surface area (Å²) in [6.45, 7) is 0. The van der Waals surface area contributed by atoms with Gasteiger partial charge in [0.15, 0.2) is 0 Å². The van der Waals surface area contributed by atoms with Crippen LogP contribution in [0.1, 0.15) is 31.2 Å². The Bertz CT molecular complexity index is 678. The first-order valence-corrected chi connectivity index (χ1v) is 8.33. The van der Waals surface area contributed by atoms with Gasteiger partial charge in [-0.05, 0) is 55.6 Å². The largest absolute Gasteiger partial charge is 0.361 e. The van der Waals surface area contributed by atoms with E-state index in [0.29, 0.717) is 24.3 Å². The van der Waals surface area contributed by atoms with Crippen LogP contribution in [-0.2, 0) is 11.2 Å². The summed E-state index contributed by atoms with van der Waals surface area (Å²) >= 11 is 0. The summed E-state index contributed by atoms with van der Waals surface area (Å²) in [5.74, 6) is 1.42. The first kappa shape index (κ1) is 16.3. The van der Waals surface area contributed by atoms with E-state index in [0.717, 1.165) is 16.5 Å². The number of nitrogens with two attached hydrogens (primary N) is 1. The average molecular weight is 334 g/mol. The van der Waals surface area contributed by atoms with Gasteiger partial charge in [0.05, 0.1) is 6.04 Å². The number of halogens is 1. The van der Waals surface area contributed by atoms with Gasteiger partial charge in [0.1, 0.15) is 0 Å². The summed E-state index contributed by atoms with van der Waals surface area (Å²) in [4.78, 5) is 15.7. The topological polar surface area (TPSA) is 70.9 Å². The van der Waals surface area contributed by atoms with Crippen LogP contribution < -0.4 is 11.1 Å². The number of hydrogen-bond acceptors (Lipinski definition) is 2. The van der Waals surface area contributed by atoms with Crippen LogP contribution in [0.3, 0.4) is 0 Å². The van der Waals surface area contributed by atoms with Gasteiger partial charge >= 0.3 is 0 Å². The quantitative estimate of drug-likeness (QED) is 0.760. The highest BCUT2D eigenvalue weighted by Gasteiger charge is 2.42. The molecule has 0 spiro atoms. The molecule has 0 radical (unpaired) electrons. The maximum absolute atomic E-state index is 12.4. The van der Waals surface area contributed by atoms with Crippen LogP contribution in [0.4, 0.5) is 0 Å². The number of nitrogens with one attached hydrogen (secondary N) is 2. The molecule has 2 saturated carbocycles. The standard InChI is InChI=1S/C18H23N3O.ClH/c19-15(9-13-10-20-16-4-2-1-3-14(13)16)18(22)21-17(11-5-6-11)12-7-8-12;/h1-4,10-12,15,17,20H,5-9,19H2,(H,21,22);1H/t15-;/m0./s1. The van der Waals surface area contributed by atoms with E-state index in [1.54, 1.807) is 0 Å². The van der Waals surface area contributed by atoms with Crippen LogP contribution in [0.15, 0.2) is 30.5 Å². The first-order valence-electron chi connectivity index (χ1n) is 8.33. The van der Waals surface area contributed by atoms with Gasteiger partial charge in [0, 0.05) is 23.1 Å². The van der Waals surface area contributed by atoms with E-state index in [4.69, 9.17) is 5.73 Å². The molecule has 1 heterocycles. The van der Waals surface area contributed by atoms with E-state index in [1.807, 2.05) is 24.4 Å². The van der Waals surface area contributed by atoms with Gasteiger partial charge < -0.3 is 16.0 Å². The van der Waals surface area contributed by atoms with Gasteiger partial charge in [0.2, 0.25) is 5.91 Å². The number of benzene rings is 1. The lowest BCUT2D eigenvalue weighted by Crippen LogP contribution is -2.48. The van der Waals surface area contributed by atoms with Crippen LogP contribution >= 0.6 is 12.4 Å². The van der Waals surface area contributed by atoms with Crippen molar-refractivity contribution in [2.75, 3.05) is 0 Å². The Hall–Kier alpha value is -1.52. The van der Waals surface area contributed by atoms with Gasteiger partial charge in [-0.2, -0.15) is 0 Å². The summed E-state index contributed by atoms with van der Waals surface area (Å²) in [6, 6.07) is 8.04. The van der Waals surface area contributed by atoms with Crippen LogP contribution in [0.2, 0.25) is 0 Å². The third-order valence-corrected chi connectivity index (χ3v) is 5.02. The second-order valence-electron chi connectivity index (χ2n) is 6.88. The predicted molar refractivity (Wildman–Crippen MR) is 94.6 cm³/mol. The lowest BCUT2D eigenvalue weighted by Gasteiger charge is -2.20. The van der Waals surface area contributed by atoms with Crippen LogP contribution in [-0.4, -0.2) is 23.0 Å². The van der Waals surface area contributed by atoms with E-state index < -0.39 is 6.04 Å². The Morgan fingerprint density at radius 3 is 2.52 bits per heavy atom. The lowest BCUT2D eigenvalue weighted by molar-refractivity contribution is -0.123. The van der Waals surface area contributed by atoms with E-state index in [2.05, 4.69) is 16.4 Å². The molecule has 1 amide bonds. The number of H-pyrrole nitrogens is 1. The maximum Gasteiger partial charge on any atom is 0.237 e. The number of amides is 1. The van der Waals surface area contributed by atoms with E-state index in [9.17, 15) is 4.79 Å². The smallest absolute Gasteiger partial charge is 0.237 e. The van der Waals surface area contributed by atoms with Gasteiger partial charge in [-0.25, -0.2) is 0 Å². The second-order valence-corrected chi connectivity index (χ2v) is 6.88. The van der Waals surface area contributed by atoms with E-state index in [-0.39, 0.29) is 18.3 Å². The zero-order valence-electron chi connectivity index (χ0n) is 13.1. The lowest BCUT2D eigenvalue weighted by atomic mass is 10.0. The third-order valence-electron chi connectivity index (χ3n) is 5.02. The molecule has 23 heavy (non-hydrogen) atoms. The monoisotopic (exact) mass is 333 g/mol. The van der Waals surface area contributed by atoms with Crippen molar-refractivity contribution in [2.45, 2.75) is 44.2 Å². The fourth-order valence-electron chi connectivity index (χ4n) is 3.43. The van der Waals surface area contributed by atoms with Crippen molar-refractivity contribution in [3.05, 3.63) is 36.0 Å². The molecule has 2 aliphatic rings. The van der Waals surface area contributed by atoms with Gasteiger partial charge in [0.25, 0.3) is 0 Å². The normalized spacial score (nSPS) is 18.7. The second kappa shape index (κ2) is 6.54. The SMILES string of the molecule is Cl.N[C@@H](Cc1c[nH]c2ccccc12)C(=O)NC(C1CC1)C1CC1. The van der Waals surface area contributed by atoms with Crippen molar-refractivity contribution in [3.8, 4) is 0 Å². The molecule has 4 nitrogen and oxygen atoms in total. The Labute approximate surface area is 142 Å². The fraction of sp³-hybridized carbons (Fsp3) is 0.500. The van der Waals surface area contributed by atoms with E-state index >= 15 is 0 Å². The minimum atomic E-state index is -0.473. The summed E-state index contributed by atoms with van der Waals surface area (Å²) in [6.07, 6.45) is 7.60. The molecule has 2 aromatic rings. The summed E-state index contributed by atoms with van der Waals surface area (Å²) in [7, 11) is 0. The van der Waals surface area contributed by atoms with Gasteiger partial charge in [-0.15, -0.1) is 12.4 Å². The van der Waals surface area contributed by atoms with Gasteiger partial charge in [-0.3, -0.25) is 4.79 Å². The third kappa shape index (κ3) is 3.54. The highest BCUT2D eigenvalue weighted by atomic mass is 35.5. The van der Waals surface area contributed by atoms with E-state index in [1.165, 1.54) is 25.7 Å². The Kier molecular flexibility index (Phi) is 4.64. The number of carbonyl (C=O) groups excluding carboxylic acids is 1. The van der Waals surface area contributed by atoms with Crippen molar-refractivity contribution >= 4 is 29.2 Å². The number of aromatic nitrogens is 1. The molecule has 2 fully saturated rings. The number of fused-ring (bicyclic) bond motifs is 1. The Balaban J connectivity index is 0.00000156. The highest BCUT2D eigenvalue weighted by Crippen LogP contribution is 2.44. The zero-order valence-corrected chi connectivity index (χ0v) is 13.9. The molecule has 1 aromatic heterocycles. The number of aromatic amines is 1. The number of para-hydroxylation sites is 1. The molecule has 0 unspecified atom stereocenters. The summed E-state index contributed by atoms with van der Waals surface area (Å²) in [5.41, 5.74) is 8.38. The summed E-state index contributed by atoms with van der Waals surface area (Å²) < 4.78 is 0. The summed E-state index contributed by atoms with van der Waals surface area (Å²) in [5, 5.41) is 4.39. The molecular formula is C18H24ClN3O. The molecule has 0 bridgehead atoms. The molecule has 0 saturated heterocycles. The maximum atomic E-state index is 12.4. The molecule has 2 aliphatic carbocycles. The van der Waals surface area contributed by atoms with Crippen LogP contribution in [0.5, 0.6) is 0 Å². The van der Waals surface area contributed by atoms with Crippen molar-refractivity contribution in [2.24, 2.45) is 17.6 Å². The Morgan fingerprint density at radius 2 is 1.87 bits per heavy atom. The zero-order chi connectivity index (χ0) is 15.1. The van der Waals surface area contributed by atoms with Gasteiger partial charge in [-0.1, -0.05) is 18.2 Å².